The van der Waals surface area contributed by atoms with Crippen LogP contribution in [0, 0.1) is 5.92 Å². The Morgan fingerprint density at radius 2 is 1.94 bits per heavy atom. The molecule has 0 saturated heterocycles. The normalized spacial score (nSPS) is 10.1. The third-order valence-electron chi connectivity index (χ3n) is 1.96. The lowest BCUT2D eigenvalue weighted by atomic mass is 10.2. The fourth-order valence-corrected chi connectivity index (χ4v) is 1.18. The van der Waals surface area contributed by atoms with Crippen LogP contribution in [0.3, 0.4) is 0 Å². The highest BCUT2D eigenvalue weighted by molar-refractivity contribution is 5.84. The van der Waals surface area contributed by atoms with Gasteiger partial charge in [0.1, 0.15) is 5.75 Å². The first kappa shape index (κ1) is 13.4. The summed E-state index contributed by atoms with van der Waals surface area (Å²) in [7, 11) is 0. The molecule has 1 aromatic rings. The van der Waals surface area contributed by atoms with Gasteiger partial charge in [-0.1, -0.05) is 13.8 Å². The maximum Gasteiger partial charge on any atom is 0.411 e. The van der Waals surface area contributed by atoms with Crippen LogP contribution in [-0.4, -0.2) is 19.3 Å². The van der Waals surface area contributed by atoms with Crippen molar-refractivity contribution in [1.29, 1.82) is 0 Å². The van der Waals surface area contributed by atoms with E-state index in [1.165, 1.54) is 0 Å². The van der Waals surface area contributed by atoms with Crippen LogP contribution in [0.5, 0.6) is 5.75 Å². The monoisotopic (exact) mass is 237 g/mol. The molecular weight excluding hydrogens is 218 g/mol. The molecule has 0 saturated carbocycles. The van der Waals surface area contributed by atoms with Gasteiger partial charge in [-0.3, -0.25) is 5.32 Å². The maximum atomic E-state index is 11.1. The topological polar surface area (TPSA) is 47.6 Å². The number of hydrogen-bond donors (Lipinski definition) is 1. The summed E-state index contributed by atoms with van der Waals surface area (Å²) in [5.74, 6) is 1.29. The van der Waals surface area contributed by atoms with E-state index in [0.717, 1.165) is 5.75 Å². The fraction of sp³-hybridized carbons (Fsp3) is 0.462. The van der Waals surface area contributed by atoms with Gasteiger partial charge < -0.3 is 9.47 Å². The van der Waals surface area contributed by atoms with Gasteiger partial charge in [0, 0.05) is 5.69 Å². The molecule has 1 amide bonds. The van der Waals surface area contributed by atoms with E-state index in [0.29, 0.717) is 24.8 Å². The van der Waals surface area contributed by atoms with Crippen molar-refractivity contribution in [2.24, 2.45) is 5.92 Å². The second kappa shape index (κ2) is 6.78. The van der Waals surface area contributed by atoms with Crippen LogP contribution >= 0.6 is 0 Å². The molecule has 0 fully saturated rings. The number of anilines is 1. The SMILES string of the molecule is CCOC(=O)Nc1ccc(OCC(C)C)cc1. The molecule has 0 aliphatic carbocycles. The van der Waals surface area contributed by atoms with Gasteiger partial charge in [0.25, 0.3) is 0 Å². The van der Waals surface area contributed by atoms with Crippen LogP contribution in [0.4, 0.5) is 10.5 Å². The predicted octanol–water partition coefficient (Wildman–Crippen LogP) is 3.29. The Labute approximate surface area is 102 Å². The van der Waals surface area contributed by atoms with Crippen LogP contribution in [-0.2, 0) is 4.74 Å². The van der Waals surface area contributed by atoms with Crippen molar-refractivity contribution in [3.05, 3.63) is 24.3 Å². The molecule has 0 atom stereocenters. The molecule has 0 heterocycles. The molecular formula is C13H19NO3. The third kappa shape index (κ3) is 5.24. The van der Waals surface area contributed by atoms with Gasteiger partial charge in [-0.25, -0.2) is 4.79 Å². The Morgan fingerprint density at radius 1 is 1.29 bits per heavy atom. The van der Waals surface area contributed by atoms with Crippen molar-refractivity contribution in [2.45, 2.75) is 20.8 Å². The summed E-state index contributed by atoms with van der Waals surface area (Å²) in [6.45, 7) is 7.00. The number of nitrogens with one attached hydrogen (secondary N) is 1. The second-order valence-electron chi connectivity index (χ2n) is 4.07. The van der Waals surface area contributed by atoms with Crippen molar-refractivity contribution < 1.29 is 14.3 Å². The Hall–Kier alpha value is -1.71. The average molecular weight is 237 g/mol. The predicted molar refractivity (Wildman–Crippen MR) is 67.4 cm³/mol. The zero-order valence-corrected chi connectivity index (χ0v) is 10.5. The zero-order valence-electron chi connectivity index (χ0n) is 10.5. The molecule has 0 radical (unpaired) electrons. The van der Waals surface area contributed by atoms with Gasteiger partial charge >= 0.3 is 6.09 Å². The number of amides is 1. The van der Waals surface area contributed by atoms with Gasteiger partial charge in [0.05, 0.1) is 13.2 Å². The summed E-state index contributed by atoms with van der Waals surface area (Å²) < 4.78 is 10.3. The average Bonchev–Trinajstić information content (AvgIpc) is 2.28. The molecule has 0 aliphatic heterocycles. The number of ether oxygens (including phenoxy) is 2. The molecule has 1 rings (SSSR count). The minimum absolute atomic E-state index is 0.363. The van der Waals surface area contributed by atoms with Crippen LogP contribution in [0.15, 0.2) is 24.3 Å². The lowest BCUT2D eigenvalue weighted by Crippen LogP contribution is -2.13. The summed E-state index contributed by atoms with van der Waals surface area (Å²) in [6, 6.07) is 7.22. The summed E-state index contributed by atoms with van der Waals surface area (Å²) >= 11 is 0. The first-order valence-corrected chi connectivity index (χ1v) is 5.78. The minimum Gasteiger partial charge on any atom is -0.493 e. The van der Waals surface area contributed by atoms with Gasteiger partial charge in [-0.2, -0.15) is 0 Å². The second-order valence-corrected chi connectivity index (χ2v) is 4.07. The molecule has 0 aromatic heterocycles. The van der Waals surface area contributed by atoms with E-state index in [1.807, 2.05) is 12.1 Å². The van der Waals surface area contributed by atoms with E-state index in [-0.39, 0.29) is 0 Å². The number of hydrogen-bond acceptors (Lipinski definition) is 3. The lowest BCUT2D eigenvalue weighted by molar-refractivity contribution is 0.168. The molecule has 94 valence electrons. The number of carbonyl (C=O) groups is 1. The van der Waals surface area contributed by atoms with E-state index in [1.54, 1.807) is 19.1 Å². The van der Waals surface area contributed by atoms with Gasteiger partial charge in [-0.05, 0) is 37.1 Å². The van der Waals surface area contributed by atoms with E-state index < -0.39 is 6.09 Å². The maximum absolute atomic E-state index is 11.1. The van der Waals surface area contributed by atoms with Crippen LogP contribution < -0.4 is 10.1 Å². The molecule has 4 heteroatoms. The van der Waals surface area contributed by atoms with Crippen LogP contribution in [0.25, 0.3) is 0 Å². The first-order valence-electron chi connectivity index (χ1n) is 5.78. The molecule has 1 aromatic carbocycles. The molecule has 0 spiro atoms. The standard InChI is InChI=1S/C13H19NO3/c1-4-16-13(15)14-11-5-7-12(8-6-11)17-9-10(2)3/h5-8,10H,4,9H2,1-3H3,(H,14,15). The van der Waals surface area contributed by atoms with E-state index in [9.17, 15) is 4.79 Å². The lowest BCUT2D eigenvalue weighted by Gasteiger charge is -2.09. The van der Waals surface area contributed by atoms with Gasteiger partial charge in [-0.15, -0.1) is 0 Å². The van der Waals surface area contributed by atoms with Crippen molar-refractivity contribution in [3.63, 3.8) is 0 Å². The van der Waals surface area contributed by atoms with E-state index in [2.05, 4.69) is 19.2 Å². The van der Waals surface area contributed by atoms with Crippen LogP contribution in [0.2, 0.25) is 0 Å². The minimum atomic E-state index is -0.441. The molecule has 0 aliphatic rings. The third-order valence-corrected chi connectivity index (χ3v) is 1.96. The fourth-order valence-electron chi connectivity index (χ4n) is 1.18. The quantitative estimate of drug-likeness (QED) is 0.854. The summed E-state index contributed by atoms with van der Waals surface area (Å²) in [6.07, 6.45) is -0.441. The Balaban J connectivity index is 2.47. The van der Waals surface area contributed by atoms with Crippen molar-refractivity contribution in [3.8, 4) is 5.75 Å². The van der Waals surface area contributed by atoms with Crippen LogP contribution in [0.1, 0.15) is 20.8 Å². The smallest absolute Gasteiger partial charge is 0.411 e. The van der Waals surface area contributed by atoms with Crippen molar-refractivity contribution in [1.82, 2.24) is 0 Å². The molecule has 0 unspecified atom stereocenters. The van der Waals surface area contributed by atoms with E-state index >= 15 is 0 Å². The van der Waals surface area contributed by atoms with E-state index in [4.69, 9.17) is 9.47 Å². The number of benzene rings is 1. The number of rotatable bonds is 5. The summed E-state index contributed by atoms with van der Waals surface area (Å²) in [4.78, 5) is 11.1. The van der Waals surface area contributed by atoms with Gasteiger partial charge in [0.15, 0.2) is 0 Å². The zero-order chi connectivity index (χ0) is 12.7. The Kier molecular flexibility index (Phi) is 5.33. The highest BCUT2D eigenvalue weighted by atomic mass is 16.5. The largest absolute Gasteiger partial charge is 0.493 e. The molecule has 4 nitrogen and oxygen atoms in total. The highest BCUT2D eigenvalue weighted by Crippen LogP contribution is 2.16. The molecule has 1 N–H and O–H groups in total. The van der Waals surface area contributed by atoms with Gasteiger partial charge in [0.2, 0.25) is 0 Å². The summed E-state index contributed by atoms with van der Waals surface area (Å²) in [5.41, 5.74) is 0.695. The summed E-state index contributed by atoms with van der Waals surface area (Å²) in [5, 5.41) is 2.62. The first-order chi connectivity index (χ1) is 8.11. The Morgan fingerprint density at radius 3 is 2.47 bits per heavy atom. The molecule has 17 heavy (non-hydrogen) atoms. The highest BCUT2D eigenvalue weighted by Gasteiger charge is 2.02. The van der Waals surface area contributed by atoms with Crippen molar-refractivity contribution in [2.75, 3.05) is 18.5 Å². The number of carbonyl (C=O) groups excluding carboxylic acids is 1. The molecule has 0 bridgehead atoms. The Bertz CT molecular complexity index is 346. The van der Waals surface area contributed by atoms with Crippen molar-refractivity contribution >= 4 is 11.8 Å².